The highest BCUT2D eigenvalue weighted by Gasteiger charge is 2.28. The van der Waals surface area contributed by atoms with Gasteiger partial charge in [-0.3, -0.25) is 18.6 Å². The number of phosphoric ester groups is 1. The number of hydrogen-bond acceptors (Lipinski definition) is 5. The first kappa shape index (κ1) is 53.0. The van der Waals surface area contributed by atoms with E-state index in [4.69, 9.17) is 9.05 Å². The molecule has 0 aromatic rings. The van der Waals surface area contributed by atoms with E-state index in [-0.39, 0.29) is 31.5 Å². The van der Waals surface area contributed by atoms with Gasteiger partial charge in [-0.2, -0.15) is 0 Å². The maximum absolute atomic E-state index is 12.7. The van der Waals surface area contributed by atoms with Gasteiger partial charge < -0.3 is 20.0 Å². The molecule has 0 rings (SSSR count). The minimum Gasteiger partial charge on any atom is -0.353 e. The standard InChI is InChI=1S/C44H90N3O6P/c1-6-8-10-12-14-16-18-20-22-24-26-28-30-32-34-36-43(48)45-40-42(53-54(50,51)52-39-38-47(3,4)5)41-46-44(49)37-35-33-31-29-27-25-23-21-19-17-15-13-11-9-7-2/h42H,6-41H2,1-5H3,(H2-,45,46,48,49,50,51)/p+1. The van der Waals surface area contributed by atoms with Gasteiger partial charge in [-0.05, 0) is 12.8 Å². The summed E-state index contributed by atoms with van der Waals surface area (Å²) in [7, 11) is 1.54. The van der Waals surface area contributed by atoms with Crippen LogP contribution in [0.2, 0.25) is 0 Å². The van der Waals surface area contributed by atoms with E-state index in [1.54, 1.807) is 0 Å². The molecular formula is C44H91N3O6P+. The Morgan fingerprint density at radius 3 is 1.07 bits per heavy atom. The summed E-state index contributed by atoms with van der Waals surface area (Å²) in [6.45, 7) is 5.18. The molecule has 0 fully saturated rings. The molecule has 0 aromatic carbocycles. The Hall–Kier alpha value is -0.990. The Bertz CT molecular complexity index is 850. The number of unbranched alkanes of at least 4 members (excludes halogenated alkanes) is 28. The Morgan fingerprint density at radius 1 is 0.519 bits per heavy atom. The average molecular weight is 789 g/mol. The second kappa shape index (κ2) is 37.6. The van der Waals surface area contributed by atoms with E-state index in [2.05, 4.69) is 24.5 Å². The molecule has 2 amide bonds. The minimum atomic E-state index is -4.37. The molecule has 0 spiro atoms. The molecule has 0 radical (unpaired) electrons. The fourth-order valence-electron chi connectivity index (χ4n) is 6.74. The predicted molar refractivity (Wildman–Crippen MR) is 229 cm³/mol. The van der Waals surface area contributed by atoms with E-state index in [0.717, 1.165) is 38.5 Å². The zero-order valence-corrected chi connectivity index (χ0v) is 37.3. The summed E-state index contributed by atoms with van der Waals surface area (Å²) < 4.78 is 24.0. The van der Waals surface area contributed by atoms with Crippen molar-refractivity contribution >= 4 is 19.6 Å². The quantitative estimate of drug-likeness (QED) is 0.0322. The van der Waals surface area contributed by atoms with Crippen LogP contribution in [-0.4, -0.2) is 74.7 Å². The van der Waals surface area contributed by atoms with E-state index < -0.39 is 13.9 Å². The molecule has 1 unspecified atom stereocenters. The van der Waals surface area contributed by atoms with Crippen molar-refractivity contribution in [2.45, 2.75) is 225 Å². The van der Waals surface area contributed by atoms with Crippen LogP contribution in [0.3, 0.4) is 0 Å². The van der Waals surface area contributed by atoms with Gasteiger partial charge in [0.15, 0.2) is 0 Å². The summed E-state index contributed by atoms with van der Waals surface area (Å²) in [5.74, 6) is -0.220. The number of likely N-dealkylation sites (N-methyl/N-ethyl adjacent to an activating group) is 1. The van der Waals surface area contributed by atoms with Crippen LogP contribution in [0.1, 0.15) is 219 Å². The SMILES string of the molecule is CCCCCCCCCCCCCCCCCC(=O)NCC(CNC(=O)CCCCCCCCCCCCCCCCC)OP(=O)(O)OCC[N+](C)(C)C. The van der Waals surface area contributed by atoms with Gasteiger partial charge in [-0.1, -0.05) is 194 Å². The highest BCUT2D eigenvalue weighted by Crippen LogP contribution is 2.44. The third-order valence-corrected chi connectivity index (χ3v) is 11.4. The van der Waals surface area contributed by atoms with Crippen molar-refractivity contribution in [2.75, 3.05) is 47.4 Å². The normalized spacial score (nSPS) is 13.0. The van der Waals surface area contributed by atoms with E-state index in [1.165, 1.54) is 154 Å². The second-order valence-electron chi connectivity index (χ2n) is 17.1. The lowest BCUT2D eigenvalue weighted by molar-refractivity contribution is -0.870. The van der Waals surface area contributed by atoms with Crippen LogP contribution in [0, 0.1) is 0 Å². The van der Waals surface area contributed by atoms with Crippen molar-refractivity contribution < 1.29 is 32.6 Å². The molecule has 54 heavy (non-hydrogen) atoms. The first-order valence-corrected chi connectivity index (χ1v) is 24.5. The van der Waals surface area contributed by atoms with Gasteiger partial charge in [0.05, 0.1) is 21.1 Å². The average Bonchev–Trinajstić information content (AvgIpc) is 3.12. The van der Waals surface area contributed by atoms with E-state index in [1.807, 2.05) is 21.1 Å². The number of amides is 2. The van der Waals surface area contributed by atoms with Crippen molar-refractivity contribution in [1.82, 2.24) is 10.6 Å². The van der Waals surface area contributed by atoms with Gasteiger partial charge in [-0.15, -0.1) is 0 Å². The Labute approximate surface area is 334 Å². The molecule has 0 aliphatic rings. The zero-order chi connectivity index (χ0) is 40.0. The van der Waals surface area contributed by atoms with Gasteiger partial charge in [0.25, 0.3) is 0 Å². The number of hydrogen-bond donors (Lipinski definition) is 3. The molecule has 322 valence electrons. The van der Waals surface area contributed by atoms with Crippen molar-refractivity contribution in [2.24, 2.45) is 0 Å². The zero-order valence-electron chi connectivity index (χ0n) is 36.4. The van der Waals surface area contributed by atoms with Crippen LogP contribution in [0.5, 0.6) is 0 Å². The van der Waals surface area contributed by atoms with Gasteiger partial charge in [-0.25, -0.2) is 4.57 Å². The van der Waals surface area contributed by atoms with Crippen LogP contribution in [0.25, 0.3) is 0 Å². The van der Waals surface area contributed by atoms with Crippen molar-refractivity contribution in [3.8, 4) is 0 Å². The third-order valence-electron chi connectivity index (χ3n) is 10.4. The summed E-state index contributed by atoms with van der Waals surface area (Å²) in [5, 5.41) is 5.71. The topological polar surface area (TPSA) is 114 Å². The number of quaternary nitrogens is 1. The first-order valence-electron chi connectivity index (χ1n) is 23.0. The van der Waals surface area contributed by atoms with Crippen LogP contribution < -0.4 is 10.6 Å². The minimum absolute atomic E-state index is 0.0278. The summed E-state index contributed by atoms with van der Waals surface area (Å²) in [6.07, 6.45) is 38.1. The van der Waals surface area contributed by atoms with Gasteiger partial charge in [0.2, 0.25) is 11.8 Å². The van der Waals surface area contributed by atoms with Crippen LogP contribution in [-0.2, 0) is 23.2 Å². The molecule has 10 heteroatoms. The lowest BCUT2D eigenvalue weighted by Crippen LogP contribution is -2.41. The van der Waals surface area contributed by atoms with Crippen molar-refractivity contribution in [3.05, 3.63) is 0 Å². The fourth-order valence-corrected chi connectivity index (χ4v) is 7.64. The van der Waals surface area contributed by atoms with Crippen molar-refractivity contribution in [3.63, 3.8) is 0 Å². The van der Waals surface area contributed by atoms with Gasteiger partial charge in [0.1, 0.15) is 19.3 Å². The number of nitrogens with one attached hydrogen (secondary N) is 2. The molecular weight excluding hydrogens is 697 g/mol. The highest BCUT2D eigenvalue weighted by atomic mass is 31.2. The number of carbonyl (C=O) groups excluding carboxylic acids is 2. The number of phosphoric acid groups is 1. The Morgan fingerprint density at radius 2 is 0.796 bits per heavy atom. The lowest BCUT2D eigenvalue weighted by atomic mass is 10.0. The first-order chi connectivity index (χ1) is 26.0. The smallest absolute Gasteiger partial charge is 0.353 e. The summed E-state index contributed by atoms with van der Waals surface area (Å²) in [6, 6.07) is 0. The van der Waals surface area contributed by atoms with E-state index >= 15 is 0 Å². The molecule has 0 saturated heterocycles. The third kappa shape index (κ3) is 40.7. The monoisotopic (exact) mass is 789 g/mol. The molecule has 3 N–H and O–H groups in total. The molecule has 0 aliphatic heterocycles. The molecule has 0 aliphatic carbocycles. The van der Waals surface area contributed by atoms with Crippen LogP contribution in [0.4, 0.5) is 0 Å². The van der Waals surface area contributed by atoms with E-state index in [0.29, 0.717) is 23.9 Å². The maximum atomic E-state index is 12.7. The van der Waals surface area contributed by atoms with Gasteiger partial charge >= 0.3 is 7.82 Å². The number of rotatable bonds is 42. The summed E-state index contributed by atoms with van der Waals surface area (Å²) in [5.41, 5.74) is 0. The van der Waals surface area contributed by atoms with Gasteiger partial charge in [0, 0.05) is 25.9 Å². The molecule has 0 heterocycles. The molecule has 0 saturated carbocycles. The van der Waals surface area contributed by atoms with Crippen LogP contribution in [0.15, 0.2) is 0 Å². The summed E-state index contributed by atoms with van der Waals surface area (Å²) in [4.78, 5) is 35.6. The molecule has 1 atom stereocenters. The Kier molecular flexibility index (Phi) is 36.9. The van der Waals surface area contributed by atoms with E-state index in [9.17, 15) is 19.0 Å². The molecule has 0 bridgehead atoms. The predicted octanol–water partition coefficient (Wildman–Crippen LogP) is 12.0. The maximum Gasteiger partial charge on any atom is 0.472 e. The number of nitrogens with zero attached hydrogens (tertiary/aromatic N) is 1. The van der Waals surface area contributed by atoms with Crippen LogP contribution >= 0.6 is 7.82 Å². The highest BCUT2D eigenvalue weighted by molar-refractivity contribution is 7.47. The summed E-state index contributed by atoms with van der Waals surface area (Å²) >= 11 is 0. The second-order valence-corrected chi connectivity index (χ2v) is 18.5. The lowest BCUT2D eigenvalue weighted by Gasteiger charge is -2.25. The van der Waals surface area contributed by atoms with Crippen molar-refractivity contribution in [1.29, 1.82) is 0 Å². The Balaban J connectivity index is 4.25. The molecule has 0 aromatic heterocycles. The molecule has 9 nitrogen and oxygen atoms in total. The number of carbonyl (C=O) groups is 2. The fraction of sp³-hybridized carbons (Fsp3) is 0.955. The largest absolute Gasteiger partial charge is 0.472 e.